The Morgan fingerprint density at radius 1 is 1.07 bits per heavy atom. The van der Waals surface area contributed by atoms with Gasteiger partial charge in [-0.2, -0.15) is 0 Å². The molecule has 2 aromatic rings. The fourth-order valence-electron chi connectivity index (χ4n) is 2.68. The molecule has 0 aliphatic heterocycles. The van der Waals surface area contributed by atoms with Gasteiger partial charge in [0.05, 0.1) is 6.61 Å². The molecule has 0 bridgehead atoms. The minimum absolute atomic E-state index is 0.242. The van der Waals surface area contributed by atoms with E-state index in [-0.39, 0.29) is 12.3 Å². The van der Waals surface area contributed by atoms with Gasteiger partial charge < -0.3 is 19.5 Å². The summed E-state index contributed by atoms with van der Waals surface area (Å²) >= 11 is 0. The van der Waals surface area contributed by atoms with Crippen molar-refractivity contribution in [1.82, 2.24) is 4.90 Å². The Hall–Kier alpha value is -2.86. The zero-order chi connectivity index (χ0) is 19.6. The molecule has 1 N–H and O–H groups in total. The maximum Gasteiger partial charge on any atom is 0.326 e. The van der Waals surface area contributed by atoms with Gasteiger partial charge in [-0.1, -0.05) is 36.4 Å². The Morgan fingerprint density at radius 2 is 1.81 bits per heavy atom. The smallest absolute Gasteiger partial charge is 0.326 e. The van der Waals surface area contributed by atoms with Crippen molar-refractivity contribution in [3.05, 3.63) is 65.7 Å². The number of hydrogen-bond donors (Lipinski definition) is 1. The van der Waals surface area contributed by atoms with Crippen LogP contribution in [0.25, 0.3) is 0 Å². The molecule has 2 aromatic carbocycles. The van der Waals surface area contributed by atoms with Crippen molar-refractivity contribution in [2.45, 2.75) is 18.9 Å². The predicted molar refractivity (Wildman–Crippen MR) is 102 cm³/mol. The average molecular weight is 371 g/mol. The topological polar surface area (TPSA) is 76.1 Å². The molecule has 6 nitrogen and oxygen atoms in total. The zero-order valence-electron chi connectivity index (χ0n) is 15.6. The van der Waals surface area contributed by atoms with E-state index in [0.29, 0.717) is 24.5 Å². The predicted octanol–water partition coefficient (Wildman–Crippen LogP) is 2.87. The standard InChI is InChI=1S/C21H25NO5/c1-22(19(21(24)25)14-16-8-4-3-5-9-16)20(23)17-10-6-11-18(15-17)27-13-7-12-26-2/h3-6,8-11,15,19H,7,12-14H2,1-2H3,(H,24,25). The summed E-state index contributed by atoms with van der Waals surface area (Å²) in [7, 11) is 3.14. The number of nitrogens with zero attached hydrogens (tertiary/aromatic N) is 1. The second-order valence-electron chi connectivity index (χ2n) is 6.18. The maximum absolute atomic E-state index is 12.8. The van der Waals surface area contributed by atoms with Crippen molar-refractivity contribution in [3.8, 4) is 5.75 Å². The van der Waals surface area contributed by atoms with Crippen molar-refractivity contribution in [2.75, 3.05) is 27.4 Å². The molecule has 0 heterocycles. The van der Waals surface area contributed by atoms with E-state index >= 15 is 0 Å². The van der Waals surface area contributed by atoms with Gasteiger partial charge in [0, 0.05) is 39.2 Å². The van der Waals surface area contributed by atoms with E-state index in [2.05, 4.69) is 0 Å². The summed E-state index contributed by atoms with van der Waals surface area (Å²) in [6.45, 7) is 1.08. The van der Waals surface area contributed by atoms with Gasteiger partial charge in [0.25, 0.3) is 5.91 Å². The molecule has 2 rings (SSSR count). The normalized spacial score (nSPS) is 11.6. The van der Waals surface area contributed by atoms with Gasteiger partial charge in [0.15, 0.2) is 0 Å². The van der Waals surface area contributed by atoms with E-state index in [4.69, 9.17) is 9.47 Å². The van der Waals surface area contributed by atoms with E-state index in [9.17, 15) is 14.7 Å². The lowest BCUT2D eigenvalue weighted by Gasteiger charge is -2.25. The van der Waals surface area contributed by atoms with Crippen molar-refractivity contribution in [3.63, 3.8) is 0 Å². The van der Waals surface area contributed by atoms with Crippen LogP contribution in [0.5, 0.6) is 5.75 Å². The zero-order valence-corrected chi connectivity index (χ0v) is 15.6. The van der Waals surface area contributed by atoms with E-state index in [0.717, 1.165) is 12.0 Å². The molecule has 0 fully saturated rings. The Morgan fingerprint density at radius 3 is 2.48 bits per heavy atom. The monoisotopic (exact) mass is 371 g/mol. The molecule has 0 aromatic heterocycles. The summed E-state index contributed by atoms with van der Waals surface area (Å²) in [4.78, 5) is 25.8. The quantitative estimate of drug-likeness (QED) is 0.650. The number of likely N-dealkylation sites (N-methyl/N-ethyl adjacent to an activating group) is 1. The van der Waals surface area contributed by atoms with E-state index in [1.807, 2.05) is 30.3 Å². The lowest BCUT2D eigenvalue weighted by molar-refractivity contribution is -0.141. The molecule has 0 saturated heterocycles. The lowest BCUT2D eigenvalue weighted by atomic mass is 10.0. The highest BCUT2D eigenvalue weighted by atomic mass is 16.5. The van der Waals surface area contributed by atoms with Gasteiger partial charge in [0.2, 0.25) is 0 Å². The molecule has 1 amide bonds. The van der Waals surface area contributed by atoms with Crippen LogP contribution in [-0.4, -0.2) is 55.3 Å². The summed E-state index contributed by atoms with van der Waals surface area (Å²) in [5.41, 5.74) is 1.25. The molecule has 0 saturated carbocycles. The lowest BCUT2D eigenvalue weighted by Crippen LogP contribution is -2.43. The first-order valence-electron chi connectivity index (χ1n) is 8.78. The first kappa shape index (κ1) is 20.5. The first-order chi connectivity index (χ1) is 13.0. The molecular formula is C21H25NO5. The fourth-order valence-corrected chi connectivity index (χ4v) is 2.68. The van der Waals surface area contributed by atoms with Crippen LogP contribution in [0.3, 0.4) is 0 Å². The number of carboxylic acid groups (broad SMARTS) is 1. The Labute approximate surface area is 159 Å². The third-order valence-electron chi connectivity index (χ3n) is 4.19. The van der Waals surface area contributed by atoms with E-state index < -0.39 is 12.0 Å². The molecule has 0 aliphatic carbocycles. The molecule has 27 heavy (non-hydrogen) atoms. The van der Waals surface area contributed by atoms with Crippen LogP contribution in [0.1, 0.15) is 22.3 Å². The summed E-state index contributed by atoms with van der Waals surface area (Å²) < 4.78 is 10.6. The van der Waals surface area contributed by atoms with Crippen molar-refractivity contribution in [2.24, 2.45) is 0 Å². The second kappa shape index (κ2) is 10.3. The molecule has 6 heteroatoms. The van der Waals surface area contributed by atoms with Crippen LogP contribution in [0.15, 0.2) is 54.6 Å². The number of hydrogen-bond acceptors (Lipinski definition) is 4. The third kappa shape index (κ3) is 6.11. The third-order valence-corrected chi connectivity index (χ3v) is 4.19. The number of amides is 1. The number of rotatable bonds is 10. The number of carboxylic acids is 1. The van der Waals surface area contributed by atoms with Gasteiger partial charge in [-0.05, 0) is 23.8 Å². The number of carbonyl (C=O) groups is 2. The summed E-state index contributed by atoms with van der Waals surface area (Å²) in [5, 5.41) is 9.59. The van der Waals surface area contributed by atoms with Gasteiger partial charge in [0.1, 0.15) is 11.8 Å². The summed E-state index contributed by atoms with van der Waals surface area (Å²) in [5.74, 6) is -0.831. The van der Waals surface area contributed by atoms with Crippen LogP contribution in [0, 0.1) is 0 Å². The molecule has 0 spiro atoms. The second-order valence-corrected chi connectivity index (χ2v) is 6.18. The van der Waals surface area contributed by atoms with E-state index in [1.165, 1.54) is 11.9 Å². The number of ether oxygens (including phenoxy) is 2. The van der Waals surface area contributed by atoms with Crippen LogP contribution in [-0.2, 0) is 16.0 Å². The minimum Gasteiger partial charge on any atom is -0.493 e. The molecule has 0 aliphatic rings. The Balaban J connectivity index is 2.08. The SMILES string of the molecule is COCCCOc1cccc(C(=O)N(C)C(Cc2ccccc2)C(=O)O)c1. The largest absolute Gasteiger partial charge is 0.493 e. The van der Waals surface area contributed by atoms with Crippen LogP contribution in [0.4, 0.5) is 0 Å². The van der Waals surface area contributed by atoms with E-state index in [1.54, 1.807) is 31.4 Å². The van der Waals surface area contributed by atoms with Crippen molar-refractivity contribution < 1.29 is 24.2 Å². The van der Waals surface area contributed by atoms with Gasteiger partial charge >= 0.3 is 5.97 Å². The van der Waals surface area contributed by atoms with Gasteiger partial charge in [-0.25, -0.2) is 4.79 Å². The van der Waals surface area contributed by atoms with Gasteiger partial charge in [-0.15, -0.1) is 0 Å². The maximum atomic E-state index is 12.8. The number of carbonyl (C=O) groups excluding carboxylic acids is 1. The molecule has 1 unspecified atom stereocenters. The fraction of sp³-hybridized carbons (Fsp3) is 0.333. The molecule has 144 valence electrons. The van der Waals surface area contributed by atoms with Crippen molar-refractivity contribution in [1.29, 1.82) is 0 Å². The van der Waals surface area contributed by atoms with Crippen LogP contribution >= 0.6 is 0 Å². The van der Waals surface area contributed by atoms with Crippen LogP contribution in [0.2, 0.25) is 0 Å². The van der Waals surface area contributed by atoms with Gasteiger partial charge in [-0.3, -0.25) is 4.79 Å². The average Bonchev–Trinajstić information content (AvgIpc) is 2.69. The van der Waals surface area contributed by atoms with Crippen molar-refractivity contribution >= 4 is 11.9 Å². The highest BCUT2D eigenvalue weighted by Crippen LogP contribution is 2.17. The molecular weight excluding hydrogens is 346 g/mol. The molecule has 1 atom stereocenters. The van der Waals surface area contributed by atoms with Crippen LogP contribution < -0.4 is 4.74 Å². The number of benzene rings is 2. The Bertz CT molecular complexity index is 747. The highest BCUT2D eigenvalue weighted by molar-refractivity contribution is 5.96. The summed E-state index contributed by atoms with van der Waals surface area (Å²) in [6, 6.07) is 15.1. The highest BCUT2D eigenvalue weighted by Gasteiger charge is 2.27. The Kier molecular flexibility index (Phi) is 7.82. The minimum atomic E-state index is -1.04. The molecule has 0 radical (unpaired) electrons. The number of aliphatic carboxylic acids is 1. The summed E-state index contributed by atoms with van der Waals surface area (Å²) in [6.07, 6.45) is 0.984. The first-order valence-corrected chi connectivity index (χ1v) is 8.78. The number of methoxy groups -OCH3 is 1.